The third-order valence-electron chi connectivity index (χ3n) is 2.93. The van der Waals surface area contributed by atoms with Crippen LogP contribution in [0.5, 0.6) is 0 Å². The molecule has 0 heterocycles. The topological polar surface area (TPSA) is 0 Å². The van der Waals surface area contributed by atoms with Crippen molar-refractivity contribution in [2.75, 3.05) is 5.33 Å². The van der Waals surface area contributed by atoms with Crippen molar-refractivity contribution in [3.8, 4) is 0 Å². The van der Waals surface area contributed by atoms with Gasteiger partial charge in [-0.05, 0) is 47.7 Å². The summed E-state index contributed by atoms with van der Waals surface area (Å²) >= 11 is 6.86. The molecule has 0 aliphatic carbocycles. The standard InChI is InChI=1S/C15H12Br2F2/c16-9-12(11-1-3-13(17)4-2-11)5-10-6-14(18)8-15(19)7-10/h1-4,6-8,12H,5,9H2. The van der Waals surface area contributed by atoms with Gasteiger partial charge in [0.15, 0.2) is 0 Å². The van der Waals surface area contributed by atoms with E-state index in [1.165, 1.54) is 12.1 Å². The Balaban J connectivity index is 2.21. The van der Waals surface area contributed by atoms with Crippen LogP contribution in [0.15, 0.2) is 46.9 Å². The summed E-state index contributed by atoms with van der Waals surface area (Å²) in [5.41, 5.74) is 1.81. The molecule has 100 valence electrons. The van der Waals surface area contributed by atoms with E-state index in [1.54, 1.807) is 0 Å². The van der Waals surface area contributed by atoms with Crippen LogP contribution >= 0.6 is 31.9 Å². The molecular formula is C15H12Br2F2. The van der Waals surface area contributed by atoms with Gasteiger partial charge in [-0.3, -0.25) is 0 Å². The molecule has 1 unspecified atom stereocenters. The van der Waals surface area contributed by atoms with Gasteiger partial charge in [-0.1, -0.05) is 44.0 Å². The van der Waals surface area contributed by atoms with Crippen LogP contribution < -0.4 is 0 Å². The van der Waals surface area contributed by atoms with E-state index in [9.17, 15) is 8.78 Å². The third kappa shape index (κ3) is 4.11. The van der Waals surface area contributed by atoms with E-state index in [4.69, 9.17) is 0 Å². The molecule has 19 heavy (non-hydrogen) atoms. The molecule has 1 atom stereocenters. The van der Waals surface area contributed by atoms with Crippen LogP contribution in [0, 0.1) is 11.6 Å². The van der Waals surface area contributed by atoms with E-state index in [2.05, 4.69) is 31.9 Å². The molecule has 0 nitrogen and oxygen atoms in total. The number of rotatable bonds is 4. The molecule has 0 bridgehead atoms. The predicted octanol–water partition coefficient (Wildman–Crippen LogP) is 5.45. The maximum atomic E-state index is 13.2. The van der Waals surface area contributed by atoms with Crippen molar-refractivity contribution in [3.05, 3.63) is 69.7 Å². The average molecular weight is 390 g/mol. The Kier molecular flexibility index (Phi) is 5.11. The number of benzene rings is 2. The van der Waals surface area contributed by atoms with E-state index in [1.807, 2.05) is 24.3 Å². The lowest BCUT2D eigenvalue weighted by Crippen LogP contribution is -2.05. The summed E-state index contributed by atoms with van der Waals surface area (Å²) < 4.78 is 27.4. The molecular weight excluding hydrogens is 378 g/mol. The predicted molar refractivity (Wildman–Crippen MR) is 80.7 cm³/mol. The molecule has 0 aliphatic heterocycles. The molecule has 0 fully saturated rings. The van der Waals surface area contributed by atoms with Crippen molar-refractivity contribution in [2.45, 2.75) is 12.3 Å². The molecule has 2 aromatic carbocycles. The van der Waals surface area contributed by atoms with Crippen LogP contribution in [0.1, 0.15) is 17.0 Å². The van der Waals surface area contributed by atoms with Crippen LogP contribution in [-0.4, -0.2) is 5.33 Å². The molecule has 0 spiro atoms. The van der Waals surface area contributed by atoms with Gasteiger partial charge in [0.2, 0.25) is 0 Å². The van der Waals surface area contributed by atoms with Gasteiger partial charge in [0.05, 0.1) is 0 Å². The summed E-state index contributed by atoms with van der Waals surface area (Å²) in [6.07, 6.45) is 0.599. The molecule has 2 rings (SSSR count). The Morgan fingerprint density at radius 2 is 1.53 bits per heavy atom. The minimum absolute atomic E-state index is 0.189. The zero-order valence-electron chi connectivity index (χ0n) is 10.0. The van der Waals surface area contributed by atoms with Crippen LogP contribution in [0.3, 0.4) is 0 Å². The molecule has 0 saturated heterocycles. The van der Waals surface area contributed by atoms with Crippen molar-refractivity contribution in [2.24, 2.45) is 0 Å². The highest BCUT2D eigenvalue weighted by molar-refractivity contribution is 9.10. The van der Waals surface area contributed by atoms with Gasteiger partial charge in [0, 0.05) is 15.9 Å². The number of hydrogen-bond donors (Lipinski definition) is 0. The Hall–Kier alpha value is -0.740. The van der Waals surface area contributed by atoms with Gasteiger partial charge in [-0.15, -0.1) is 0 Å². The minimum Gasteiger partial charge on any atom is -0.207 e. The quantitative estimate of drug-likeness (QED) is 0.610. The maximum absolute atomic E-state index is 13.2. The molecule has 2 aromatic rings. The smallest absolute Gasteiger partial charge is 0.126 e. The number of hydrogen-bond acceptors (Lipinski definition) is 0. The zero-order valence-corrected chi connectivity index (χ0v) is 13.2. The van der Waals surface area contributed by atoms with Gasteiger partial charge >= 0.3 is 0 Å². The van der Waals surface area contributed by atoms with Crippen LogP contribution in [0.4, 0.5) is 8.78 Å². The fourth-order valence-corrected chi connectivity index (χ4v) is 2.88. The lowest BCUT2D eigenvalue weighted by atomic mass is 9.94. The lowest BCUT2D eigenvalue weighted by Gasteiger charge is -2.15. The fourth-order valence-electron chi connectivity index (χ4n) is 2.01. The first kappa shape index (κ1) is 14.7. The Morgan fingerprint density at radius 1 is 0.947 bits per heavy atom. The van der Waals surface area contributed by atoms with Crippen molar-refractivity contribution < 1.29 is 8.78 Å². The van der Waals surface area contributed by atoms with E-state index in [-0.39, 0.29) is 5.92 Å². The molecule has 0 N–H and O–H groups in total. The third-order valence-corrected chi connectivity index (χ3v) is 4.24. The van der Waals surface area contributed by atoms with E-state index < -0.39 is 11.6 Å². The summed E-state index contributed by atoms with van der Waals surface area (Å²) in [5.74, 6) is -0.868. The summed E-state index contributed by atoms with van der Waals surface area (Å²) in [5, 5.41) is 0.743. The Bertz CT molecular complexity index is 532. The summed E-state index contributed by atoms with van der Waals surface area (Å²) in [4.78, 5) is 0. The first-order valence-electron chi connectivity index (χ1n) is 5.85. The van der Waals surface area contributed by atoms with Crippen molar-refractivity contribution in [3.63, 3.8) is 0 Å². The van der Waals surface area contributed by atoms with Crippen LogP contribution in [0.2, 0.25) is 0 Å². The summed E-state index contributed by atoms with van der Waals surface area (Å²) in [6.45, 7) is 0. The zero-order chi connectivity index (χ0) is 13.8. The molecule has 0 amide bonds. The molecule has 4 heteroatoms. The van der Waals surface area contributed by atoms with Gasteiger partial charge in [-0.25, -0.2) is 8.78 Å². The van der Waals surface area contributed by atoms with Crippen LogP contribution in [-0.2, 0) is 6.42 Å². The number of halogens is 4. The van der Waals surface area contributed by atoms with Crippen molar-refractivity contribution in [1.29, 1.82) is 0 Å². The highest BCUT2D eigenvalue weighted by Gasteiger charge is 2.12. The van der Waals surface area contributed by atoms with Gasteiger partial charge in [0.1, 0.15) is 11.6 Å². The lowest BCUT2D eigenvalue weighted by molar-refractivity contribution is 0.577. The molecule has 0 aliphatic rings. The first-order valence-corrected chi connectivity index (χ1v) is 7.76. The summed E-state index contributed by atoms with van der Waals surface area (Å²) in [6, 6.07) is 11.6. The van der Waals surface area contributed by atoms with Gasteiger partial charge < -0.3 is 0 Å². The van der Waals surface area contributed by atoms with Gasteiger partial charge in [0.25, 0.3) is 0 Å². The van der Waals surface area contributed by atoms with E-state index in [0.29, 0.717) is 12.0 Å². The largest absolute Gasteiger partial charge is 0.207 e. The van der Waals surface area contributed by atoms with Crippen LogP contribution in [0.25, 0.3) is 0 Å². The van der Waals surface area contributed by atoms with Crippen molar-refractivity contribution in [1.82, 2.24) is 0 Å². The second-order valence-electron chi connectivity index (χ2n) is 4.38. The molecule has 0 aromatic heterocycles. The van der Waals surface area contributed by atoms with E-state index >= 15 is 0 Å². The maximum Gasteiger partial charge on any atom is 0.126 e. The normalized spacial score (nSPS) is 12.4. The Labute approximate surface area is 128 Å². The second-order valence-corrected chi connectivity index (χ2v) is 5.95. The minimum atomic E-state index is -0.529. The SMILES string of the molecule is Fc1cc(F)cc(CC(CBr)c2ccc(Br)cc2)c1. The van der Waals surface area contributed by atoms with Crippen molar-refractivity contribution >= 4 is 31.9 Å². The fraction of sp³-hybridized carbons (Fsp3) is 0.200. The highest BCUT2D eigenvalue weighted by Crippen LogP contribution is 2.25. The van der Waals surface area contributed by atoms with Gasteiger partial charge in [-0.2, -0.15) is 0 Å². The van der Waals surface area contributed by atoms with E-state index in [0.717, 1.165) is 21.4 Å². The average Bonchev–Trinajstić information content (AvgIpc) is 2.36. The molecule has 0 saturated carbocycles. The summed E-state index contributed by atoms with van der Waals surface area (Å²) in [7, 11) is 0. The molecule has 0 radical (unpaired) electrons. The number of alkyl halides is 1. The first-order chi connectivity index (χ1) is 9.08. The monoisotopic (exact) mass is 388 g/mol. The highest BCUT2D eigenvalue weighted by atomic mass is 79.9. The Morgan fingerprint density at radius 3 is 2.05 bits per heavy atom. The second kappa shape index (κ2) is 6.62.